The molecule has 1 aliphatic rings. The number of nitrogens with zero attached hydrogens (tertiary/aromatic N) is 1. The SMILES string of the molecule is CCC(NCC(C)C#N)C1CC1. The Morgan fingerprint density at radius 1 is 1.58 bits per heavy atom. The van der Waals surface area contributed by atoms with Crippen molar-refractivity contribution in [1.29, 1.82) is 5.26 Å². The molecule has 0 aromatic heterocycles. The molecule has 0 saturated heterocycles. The molecule has 0 radical (unpaired) electrons. The summed E-state index contributed by atoms with van der Waals surface area (Å²) < 4.78 is 0. The average molecular weight is 166 g/mol. The van der Waals surface area contributed by atoms with Crippen LogP contribution in [0.5, 0.6) is 0 Å². The van der Waals surface area contributed by atoms with E-state index in [0.717, 1.165) is 12.5 Å². The third-order valence-corrected chi connectivity index (χ3v) is 2.54. The van der Waals surface area contributed by atoms with Gasteiger partial charge in [0.2, 0.25) is 0 Å². The van der Waals surface area contributed by atoms with Gasteiger partial charge in [0.05, 0.1) is 12.0 Å². The molecule has 0 bridgehead atoms. The highest BCUT2D eigenvalue weighted by Gasteiger charge is 2.29. The zero-order valence-electron chi connectivity index (χ0n) is 8.01. The molecular weight excluding hydrogens is 148 g/mol. The van der Waals surface area contributed by atoms with Gasteiger partial charge in [-0.25, -0.2) is 0 Å². The Morgan fingerprint density at radius 3 is 2.67 bits per heavy atom. The lowest BCUT2D eigenvalue weighted by molar-refractivity contribution is 0.432. The van der Waals surface area contributed by atoms with Crippen molar-refractivity contribution in [2.75, 3.05) is 6.54 Å². The molecule has 1 rings (SSSR count). The van der Waals surface area contributed by atoms with E-state index in [0.29, 0.717) is 6.04 Å². The van der Waals surface area contributed by atoms with Crippen LogP contribution in [0.15, 0.2) is 0 Å². The Balaban J connectivity index is 2.15. The largest absolute Gasteiger partial charge is 0.312 e. The minimum atomic E-state index is 0.151. The van der Waals surface area contributed by atoms with Crippen LogP contribution in [0.1, 0.15) is 33.1 Å². The molecule has 2 heteroatoms. The summed E-state index contributed by atoms with van der Waals surface area (Å²) in [6, 6.07) is 2.91. The minimum absolute atomic E-state index is 0.151. The molecule has 2 nitrogen and oxygen atoms in total. The summed E-state index contributed by atoms with van der Waals surface area (Å²) in [5.74, 6) is 1.05. The minimum Gasteiger partial charge on any atom is -0.312 e. The Labute approximate surface area is 75.0 Å². The van der Waals surface area contributed by atoms with Crippen molar-refractivity contribution in [1.82, 2.24) is 5.32 Å². The van der Waals surface area contributed by atoms with Gasteiger partial charge in [0.25, 0.3) is 0 Å². The van der Waals surface area contributed by atoms with Gasteiger partial charge in [0.15, 0.2) is 0 Å². The molecule has 0 aromatic carbocycles. The van der Waals surface area contributed by atoms with Crippen LogP contribution >= 0.6 is 0 Å². The van der Waals surface area contributed by atoms with E-state index >= 15 is 0 Å². The second-order valence-electron chi connectivity index (χ2n) is 3.79. The lowest BCUT2D eigenvalue weighted by Gasteiger charge is -2.16. The van der Waals surface area contributed by atoms with Crippen LogP contribution < -0.4 is 5.32 Å². The van der Waals surface area contributed by atoms with Gasteiger partial charge >= 0.3 is 0 Å². The van der Waals surface area contributed by atoms with Gasteiger partial charge in [-0.2, -0.15) is 5.26 Å². The second kappa shape index (κ2) is 4.47. The molecule has 0 amide bonds. The highest BCUT2D eigenvalue weighted by molar-refractivity contribution is 4.88. The molecule has 1 fully saturated rings. The molecule has 1 aliphatic carbocycles. The van der Waals surface area contributed by atoms with E-state index < -0.39 is 0 Å². The topological polar surface area (TPSA) is 35.8 Å². The fraction of sp³-hybridized carbons (Fsp3) is 0.900. The highest BCUT2D eigenvalue weighted by atomic mass is 14.9. The number of nitriles is 1. The van der Waals surface area contributed by atoms with E-state index in [-0.39, 0.29) is 5.92 Å². The van der Waals surface area contributed by atoms with Crippen molar-refractivity contribution in [2.24, 2.45) is 11.8 Å². The molecule has 12 heavy (non-hydrogen) atoms. The molecule has 1 N–H and O–H groups in total. The standard InChI is InChI=1S/C10H18N2/c1-3-10(9-4-5-9)12-7-8(2)6-11/h8-10,12H,3-5,7H2,1-2H3. The Bertz CT molecular complexity index is 167. The maximum Gasteiger partial charge on any atom is 0.0666 e. The maximum atomic E-state index is 8.58. The molecule has 0 heterocycles. The summed E-state index contributed by atoms with van der Waals surface area (Å²) in [5, 5.41) is 12.0. The van der Waals surface area contributed by atoms with E-state index in [9.17, 15) is 0 Å². The predicted molar refractivity (Wildman–Crippen MR) is 49.6 cm³/mol. The summed E-state index contributed by atoms with van der Waals surface area (Å²) in [5.41, 5.74) is 0. The molecule has 0 aliphatic heterocycles. The van der Waals surface area contributed by atoms with Gasteiger partial charge in [0, 0.05) is 12.6 Å². The van der Waals surface area contributed by atoms with Gasteiger partial charge in [-0.15, -0.1) is 0 Å². The molecule has 0 aromatic rings. The number of nitrogens with one attached hydrogen (secondary N) is 1. The van der Waals surface area contributed by atoms with E-state index in [1.165, 1.54) is 19.3 Å². The van der Waals surface area contributed by atoms with Gasteiger partial charge in [0.1, 0.15) is 0 Å². The van der Waals surface area contributed by atoms with Crippen LogP contribution in [0.25, 0.3) is 0 Å². The number of hydrogen-bond acceptors (Lipinski definition) is 2. The van der Waals surface area contributed by atoms with Crippen LogP contribution in [0.2, 0.25) is 0 Å². The first kappa shape index (κ1) is 9.54. The Kier molecular flexibility index (Phi) is 3.55. The molecule has 1 saturated carbocycles. The molecule has 2 unspecified atom stereocenters. The Morgan fingerprint density at radius 2 is 2.25 bits per heavy atom. The van der Waals surface area contributed by atoms with E-state index in [1.54, 1.807) is 0 Å². The third-order valence-electron chi connectivity index (χ3n) is 2.54. The quantitative estimate of drug-likeness (QED) is 0.677. The average Bonchev–Trinajstić information content (AvgIpc) is 2.89. The monoisotopic (exact) mass is 166 g/mol. The van der Waals surface area contributed by atoms with Gasteiger partial charge in [-0.05, 0) is 32.1 Å². The van der Waals surface area contributed by atoms with Crippen molar-refractivity contribution in [3.8, 4) is 6.07 Å². The molecule has 2 atom stereocenters. The van der Waals surface area contributed by atoms with E-state index in [1.807, 2.05) is 6.92 Å². The van der Waals surface area contributed by atoms with Crippen LogP contribution in [0, 0.1) is 23.2 Å². The second-order valence-corrected chi connectivity index (χ2v) is 3.79. The fourth-order valence-corrected chi connectivity index (χ4v) is 1.52. The van der Waals surface area contributed by atoms with Gasteiger partial charge < -0.3 is 5.32 Å². The van der Waals surface area contributed by atoms with Crippen molar-refractivity contribution in [3.63, 3.8) is 0 Å². The van der Waals surface area contributed by atoms with E-state index in [2.05, 4.69) is 18.3 Å². The summed E-state index contributed by atoms with van der Waals surface area (Å²) in [6.45, 7) is 5.03. The van der Waals surface area contributed by atoms with Gasteiger partial charge in [-0.1, -0.05) is 6.92 Å². The summed E-state index contributed by atoms with van der Waals surface area (Å²) in [4.78, 5) is 0. The predicted octanol–water partition coefficient (Wildman–Crippen LogP) is 1.92. The van der Waals surface area contributed by atoms with Crippen LogP contribution in [0.4, 0.5) is 0 Å². The van der Waals surface area contributed by atoms with Crippen molar-refractivity contribution < 1.29 is 0 Å². The lowest BCUT2D eigenvalue weighted by atomic mass is 10.1. The number of rotatable bonds is 5. The molecule has 68 valence electrons. The first-order valence-electron chi connectivity index (χ1n) is 4.91. The normalized spacial score (nSPS) is 21.4. The van der Waals surface area contributed by atoms with Crippen LogP contribution in [-0.2, 0) is 0 Å². The molecular formula is C10H18N2. The summed E-state index contributed by atoms with van der Waals surface area (Å²) in [7, 11) is 0. The first-order chi connectivity index (χ1) is 5.77. The zero-order valence-corrected chi connectivity index (χ0v) is 8.01. The maximum absolute atomic E-state index is 8.58. The van der Waals surface area contributed by atoms with Crippen LogP contribution in [-0.4, -0.2) is 12.6 Å². The highest BCUT2D eigenvalue weighted by Crippen LogP contribution is 2.33. The smallest absolute Gasteiger partial charge is 0.0666 e. The van der Waals surface area contributed by atoms with Crippen molar-refractivity contribution in [2.45, 2.75) is 39.2 Å². The van der Waals surface area contributed by atoms with Gasteiger partial charge in [-0.3, -0.25) is 0 Å². The Hall–Kier alpha value is -0.550. The summed E-state index contributed by atoms with van der Waals surface area (Å²) in [6.07, 6.45) is 3.96. The van der Waals surface area contributed by atoms with Crippen molar-refractivity contribution >= 4 is 0 Å². The molecule has 0 spiro atoms. The first-order valence-corrected chi connectivity index (χ1v) is 4.91. The lowest BCUT2D eigenvalue weighted by Crippen LogP contribution is -2.33. The van der Waals surface area contributed by atoms with Crippen molar-refractivity contribution in [3.05, 3.63) is 0 Å². The third kappa shape index (κ3) is 2.83. The fourth-order valence-electron chi connectivity index (χ4n) is 1.52. The van der Waals surface area contributed by atoms with Crippen LogP contribution in [0.3, 0.4) is 0 Å². The number of hydrogen-bond donors (Lipinski definition) is 1. The zero-order chi connectivity index (χ0) is 8.97. The summed E-state index contributed by atoms with van der Waals surface area (Å²) >= 11 is 0. The van der Waals surface area contributed by atoms with E-state index in [4.69, 9.17) is 5.26 Å².